The molecule has 17 heteroatoms. The number of benzene rings is 4. The average Bonchev–Trinajstić information content (AvgIpc) is 4.13. The summed E-state index contributed by atoms with van der Waals surface area (Å²) in [5.41, 5.74) is 1.47. The summed E-state index contributed by atoms with van der Waals surface area (Å²) in [5, 5.41) is 1.01. The minimum atomic E-state index is -0.443. The minimum absolute atomic E-state index is 0.0800. The number of hydrogen-bond acceptors (Lipinski definition) is 17. The summed E-state index contributed by atoms with van der Waals surface area (Å²) >= 11 is 1.68. The molecule has 5 aromatic rings. The lowest BCUT2D eigenvalue weighted by molar-refractivity contribution is -0.145. The van der Waals surface area contributed by atoms with Gasteiger partial charge in [-0.2, -0.15) is 0 Å². The van der Waals surface area contributed by atoms with Crippen molar-refractivity contribution >= 4 is 63.6 Å². The van der Waals surface area contributed by atoms with Gasteiger partial charge in [0.15, 0.2) is 0 Å². The highest BCUT2D eigenvalue weighted by Crippen LogP contribution is 2.37. The number of hydrogen-bond donors (Lipinski definition) is 0. The predicted molar refractivity (Wildman–Crippen MR) is 324 cm³/mol. The van der Waals surface area contributed by atoms with E-state index >= 15 is 0 Å². The second kappa shape index (κ2) is 33.7. The molecule has 1 heterocycles. The monoisotopic (exact) mass is 1180 g/mol. The molecule has 1 unspecified atom stereocenters. The third kappa shape index (κ3) is 20.5. The van der Waals surface area contributed by atoms with Crippen molar-refractivity contribution in [2.24, 2.45) is 34.6 Å². The van der Waals surface area contributed by atoms with Gasteiger partial charge < -0.3 is 37.9 Å². The van der Waals surface area contributed by atoms with E-state index in [1.54, 1.807) is 84.3 Å². The van der Waals surface area contributed by atoms with Gasteiger partial charge in [-0.1, -0.05) is 44.6 Å². The molecule has 4 aromatic carbocycles. The number of aromatic nitrogens is 1. The second-order valence-electron chi connectivity index (χ2n) is 22.2. The first kappa shape index (κ1) is 63.4. The Hall–Kier alpha value is -7.66. The van der Waals surface area contributed by atoms with Gasteiger partial charge in [-0.25, -0.2) is 14.6 Å². The smallest absolute Gasteiger partial charge is 0.330 e. The van der Waals surface area contributed by atoms with E-state index in [0.29, 0.717) is 130 Å². The number of ether oxygens (including phenoxy) is 8. The van der Waals surface area contributed by atoms with Crippen LogP contribution in [0.5, 0.6) is 34.5 Å². The van der Waals surface area contributed by atoms with Crippen LogP contribution in [-0.2, 0) is 44.7 Å². The molecule has 1 aromatic heterocycles. The fourth-order valence-electron chi connectivity index (χ4n) is 11.1. The standard InChI is InChI=1S/C68H80N2O14S/c1-3-63(71)79-42-16-7-5-14-40-77-53-30-34-55(35-31-53)81-65(73)48-22-24-50(25-23-48)67(75)83-57-38-39-60(52(44-57)46-69-59(47-18-10-9-11-19-47)45-62-70-58-20-12-13-21-61(58)85-62)84-68(76)51-28-26-49(27-29-51)66(74)82-56-36-32-54(33-37-56)78-41-15-6-8-17-43-80-64(72)4-2/h3-4,12-13,20-21,30-39,44,46-51,59H,1-2,5-11,14-19,22-29,40-43,45H2/b69-46+/t48-,49-,50-,51-,59?. The minimum Gasteiger partial charge on any atom is -0.494 e. The maximum absolute atomic E-state index is 14.0. The Balaban J connectivity index is 0.835. The number of para-hydroxylation sites is 1. The van der Waals surface area contributed by atoms with E-state index in [1.165, 1.54) is 6.42 Å². The molecule has 0 amide bonds. The molecule has 0 saturated heterocycles. The highest BCUT2D eigenvalue weighted by molar-refractivity contribution is 7.18. The molecule has 0 N–H and O–H groups in total. The summed E-state index contributed by atoms with van der Waals surface area (Å²) in [6.07, 6.45) is 20.9. The summed E-state index contributed by atoms with van der Waals surface area (Å²) in [6.45, 7) is 8.61. The van der Waals surface area contributed by atoms with E-state index in [-0.39, 0.29) is 29.8 Å². The van der Waals surface area contributed by atoms with Crippen molar-refractivity contribution in [3.63, 3.8) is 0 Å². The van der Waals surface area contributed by atoms with E-state index in [9.17, 15) is 28.8 Å². The van der Waals surface area contributed by atoms with Gasteiger partial charge in [0.2, 0.25) is 0 Å². The number of nitrogens with zero attached hydrogens (tertiary/aromatic N) is 2. The lowest BCUT2D eigenvalue weighted by atomic mass is 9.82. The fraction of sp³-hybridized carbons (Fsp3) is 0.471. The second-order valence-corrected chi connectivity index (χ2v) is 23.3. The Labute approximate surface area is 502 Å². The molecule has 1 atom stereocenters. The number of aliphatic imine (C=N–C) groups is 1. The van der Waals surface area contributed by atoms with E-state index in [4.69, 9.17) is 47.9 Å². The lowest BCUT2D eigenvalue weighted by Crippen LogP contribution is -2.30. The van der Waals surface area contributed by atoms with Crippen molar-refractivity contribution in [2.75, 3.05) is 26.4 Å². The van der Waals surface area contributed by atoms with Gasteiger partial charge in [-0.15, -0.1) is 11.3 Å². The third-order valence-corrected chi connectivity index (χ3v) is 17.1. The molecule has 3 aliphatic carbocycles. The number of unbranched alkanes of at least 4 members (excludes halogenated alkanes) is 6. The summed E-state index contributed by atoms with van der Waals surface area (Å²) in [4.78, 5) is 87.0. The predicted octanol–water partition coefficient (Wildman–Crippen LogP) is 13.9. The molecule has 16 nitrogen and oxygen atoms in total. The zero-order valence-electron chi connectivity index (χ0n) is 48.7. The first-order chi connectivity index (χ1) is 41.5. The highest BCUT2D eigenvalue weighted by Gasteiger charge is 2.35. The van der Waals surface area contributed by atoms with Crippen molar-refractivity contribution in [1.82, 2.24) is 4.98 Å². The summed E-state index contributed by atoms with van der Waals surface area (Å²) in [7, 11) is 0. The normalized spacial score (nSPS) is 18.4. The van der Waals surface area contributed by atoms with Crippen LogP contribution in [0.4, 0.5) is 0 Å². The molecule has 85 heavy (non-hydrogen) atoms. The topological polar surface area (TPSA) is 202 Å². The van der Waals surface area contributed by atoms with Crippen LogP contribution in [0.25, 0.3) is 10.2 Å². The van der Waals surface area contributed by atoms with Crippen molar-refractivity contribution in [2.45, 2.75) is 147 Å². The zero-order valence-corrected chi connectivity index (χ0v) is 49.5. The van der Waals surface area contributed by atoms with Crippen LogP contribution < -0.4 is 28.4 Å². The molecule has 0 spiro atoms. The number of esters is 6. The van der Waals surface area contributed by atoms with Gasteiger partial charge in [0.1, 0.15) is 34.5 Å². The van der Waals surface area contributed by atoms with Crippen molar-refractivity contribution < 1.29 is 66.7 Å². The van der Waals surface area contributed by atoms with Gasteiger partial charge in [-0.05, 0) is 200 Å². The van der Waals surface area contributed by atoms with Crippen LogP contribution in [0.1, 0.15) is 145 Å². The van der Waals surface area contributed by atoms with Crippen LogP contribution >= 0.6 is 11.3 Å². The molecule has 0 radical (unpaired) electrons. The Kier molecular flexibility index (Phi) is 25.1. The van der Waals surface area contributed by atoms with E-state index in [1.807, 2.05) is 18.2 Å². The Morgan fingerprint density at radius 3 is 1.42 bits per heavy atom. The average molecular weight is 1180 g/mol. The molecule has 3 aliphatic rings. The van der Waals surface area contributed by atoms with Gasteiger partial charge in [0.25, 0.3) is 0 Å². The number of carbonyl (C=O) groups is 6. The molecule has 8 rings (SSSR count). The largest absolute Gasteiger partial charge is 0.494 e. The molecular weight excluding hydrogens is 1100 g/mol. The maximum atomic E-state index is 14.0. The Bertz CT molecular complexity index is 2990. The summed E-state index contributed by atoms with van der Waals surface area (Å²) < 4.78 is 46.6. The van der Waals surface area contributed by atoms with Crippen LogP contribution in [0.3, 0.4) is 0 Å². The van der Waals surface area contributed by atoms with E-state index < -0.39 is 35.7 Å². The van der Waals surface area contributed by atoms with Crippen molar-refractivity contribution in [1.29, 1.82) is 0 Å². The van der Waals surface area contributed by atoms with E-state index in [2.05, 4.69) is 19.2 Å². The summed E-state index contributed by atoms with van der Waals surface area (Å²) in [5.74, 6) is -0.816. The number of rotatable bonds is 31. The van der Waals surface area contributed by atoms with Gasteiger partial charge in [0, 0.05) is 30.4 Å². The highest BCUT2D eigenvalue weighted by atomic mass is 32.1. The lowest BCUT2D eigenvalue weighted by Gasteiger charge is -2.27. The van der Waals surface area contributed by atoms with Gasteiger partial charge in [-0.3, -0.25) is 24.2 Å². The SMILES string of the molecule is C=CC(=O)OCCCCCCOc1ccc(OC(=O)[C@H]2CC[C@H](C(=O)Oc3ccc(OC(=O)[C@H]4CC[C@H](C(=O)Oc5ccc(OCCCCCCOC(=O)C=C)cc5)CC4)c(/C=N/C(Cc4nc5ccccc5s4)C4CCCCC4)c3)CC2)cc1. The third-order valence-electron chi connectivity index (χ3n) is 16.0. The van der Waals surface area contributed by atoms with Crippen molar-refractivity contribution in [3.8, 4) is 34.5 Å². The molecule has 0 bridgehead atoms. The zero-order chi connectivity index (χ0) is 59.6. The van der Waals surface area contributed by atoms with Crippen LogP contribution in [0.15, 0.2) is 121 Å². The molecule has 452 valence electrons. The fourth-order valence-corrected chi connectivity index (χ4v) is 12.1. The molecule has 3 fully saturated rings. The van der Waals surface area contributed by atoms with Crippen LogP contribution in [0, 0.1) is 29.6 Å². The van der Waals surface area contributed by atoms with Gasteiger partial charge >= 0.3 is 35.8 Å². The quantitative estimate of drug-likeness (QED) is 0.0133. The molecule has 0 aliphatic heterocycles. The maximum Gasteiger partial charge on any atom is 0.330 e. The Morgan fingerprint density at radius 1 is 0.506 bits per heavy atom. The number of carbonyl (C=O) groups excluding carboxylic acids is 6. The first-order valence-corrected chi connectivity index (χ1v) is 31.2. The number of thiazole rings is 1. The molecular formula is C68H80N2O14S. The van der Waals surface area contributed by atoms with Crippen LogP contribution in [0.2, 0.25) is 0 Å². The van der Waals surface area contributed by atoms with Crippen LogP contribution in [-0.4, -0.2) is 79.5 Å². The Morgan fingerprint density at radius 2 is 0.941 bits per heavy atom. The first-order valence-electron chi connectivity index (χ1n) is 30.4. The molecule has 3 saturated carbocycles. The van der Waals surface area contributed by atoms with Crippen molar-refractivity contribution in [3.05, 3.63) is 127 Å². The summed E-state index contributed by atoms with van der Waals surface area (Å²) in [6, 6.07) is 27.0. The van der Waals surface area contributed by atoms with E-state index in [0.717, 1.165) is 104 Å². The van der Waals surface area contributed by atoms with Gasteiger partial charge in [0.05, 0.1) is 71.4 Å². The number of fused-ring (bicyclic) bond motifs is 1.